The van der Waals surface area contributed by atoms with E-state index < -0.39 is 0 Å². The second kappa shape index (κ2) is 12.4. The normalized spacial score (nSPS) is 11.5. The Morgan fingerprint density at radius 1 is 0.308 bits per heavy atom. The fourth-order valence-corrected chi connectivity index (χ4v) is 7.58. The smallest absolute Gasteiger partial charge is 0.0979 e. The van der Waals surface area contributed by atoms with E-state index in [4.69, 9.17) is 15.0 Å². The van der Waals surface area contributed by atoms with Gasteiger partial charge in [-0.2, -0.15) is 0 Å². The third-order valence-electron chi connectivity index (χ3n) is 10.1. The van der Waals surface area contributed by atoms with E-state index in [0.717, 1.165) is 49.8 Å². The third kappa shape index (κ3) is 5.10. The predicted molar refractivity (Wildman–Crippen MR) is 217 cm³/mol. The molecule has 10 rings (SSSR count). The molecule has 242 valence electrons. The van der Waals surface area contributed by atoms with Gasteiger partial charge in [-0.15, -0.1) is 0 Å². The van der Waals surface area contributed by atoms with Gasteiger partial charge in [-0.05, 0) is 73.8 Å². The van der Waals surface area contributed by atoms with Gasteiger partial charge in [0, 0.05) is 28.1 Å². The van der Waals surface area contributed by atoms with Crippen molar-refractivity contribution in [1.29, 1.82) is 0 Å². The molecule has 3 nitrogen and oxygen atoms in total. The molecule has 3 heteroatoms. The lowest BCUT2D eigenvalue weighted by atomic mass is 9.90. The second-order valence-electron chi connectivity index (χ2n) is 13.2. The minimum Gasteiger partial charge on any atom is -0.256 e. The highest BCUT2D eigenvalue weighted by Gasteiger charge is 2.18. The number of fused-ring (bicyclic) bond motifs is 5. The Balaban J connectivity index is 1.09. The molecule has 0 N–H and O–H groups in total. The zero-order valence-electron chi connectivity index (χ0n) is 28.2. The quantitative estimate of drug-likeness (QED) is 0.172. The highest BCUT2D eigenvalue weighted by Crippen LogP contribution is 2.40. The number of para-hydroxylation sites is 2. The minimum absolute atomic E-state index is 0.873. The summed E-state index contributed by atoms with van der Waals surface area (Å²) in [6, 6.07) is 64.3. The van der Waals surface area contributed by atoms with E-state index in [1.54, 1.807) is 0 Å². The summed E-state index contributed by atoms with van der Waals surface area (Å²) in [6.45, 7) is 0. The molecule has 10 aromatic rings. The molecule has 0 radical (unpaired) electrons. The molecule has 0 aliphatic carbocycles. The van der Waals surface area contributed by atoms with Crippen LogP contribution >= 0.6 is 0 Å². The molecule has 2 aromatic heterocycles. The first kappa shape index (κ1) is 29.9. The van der Waals surface area contributed by atoms with Crippen LogP contribution in [0.25, 0.3) is 99.4 Å². The van der Waals surface area contributed by atoms with Gasteiger partial charge in [0.05, 0.1) is 27.9 Å². The number of benzene rings is 8. The molecule has 0 aliphatic heterocycles. The van der Waals surface area contributed by atoms with Crippen LogP contribution in [0.1, 0.15) is 0 Å². The van der Waals surface area contributed by atoms with Crippen molar-refractivity contribution in [3.63, 3.8) is 0 Å². The summed E-state index contributed by atoms with van der Waals surface area (Å²) < 4.78 is 0. The minimum atomic E-state index is 0.873. The van der Waals surface area contributed by atoms with Gasteiger partial charge in [0.2, 0.25) is 0 Å². The zero-order valence-corrected chi connectivity index (χ0v) is 28.2. The summed E-state index contributed by atoms with van der Waals surface area (Å²) in [5.74, 6) is 0. The van der Waals surface area contributed by atoms with Gasteiger partial charge in [-0.25, -0.2) is 9.97 Å². The van der Waals surface area contributed by atoms with E-state index in [-0.39, 0.29) is 0 Å². The zero-order chi connectivity index (χ0) is 34.4. The lowest BCUT2D eigenvalue weighted by Crippen LogP contribution is -1.97. The van der Waals surface area contributed by atoms with Crippen LogP contribution < -0.4 is 0 Å². The summed E-state index contributed by atoms with van der Waals surface area (Å²) in [7, 11) is 0. The summed E-state index contributed by atoms with van der Waals surface area (Å²) in [5, 5.41) is 5.84. The molecule has 0 amide bonds. The summed E-state index contributed by atoms with van der Waals surface area (Å²) in [5.41, 5.74) is 13.7. The van der Waals surface area contributed by atoms with Gasteiger partial charge in [-0.1, -0.05) is 158 Å². The van der Waals surface area contributed by atoms with Crippen molar-refractivity contribution >= 4 is 43.5 Å². The van der Waals surface area contributed by atoms with Crippen LogP contribution in [0.4, 0.5) is 0 Å². The molecule has 0 aliphatic rings. The van der Waals surface area contributed by atoms with Crippen LogP contribution in [-0.2, 0) is 0 Å². The van der Waals surface area contributed by atoms with E-state index in [1.165, 1.54) is 49.5 Å². The van der Waals surface area contributed by atoms with Crippen LogP contribution in [0.5, 0.6) is 0 Å². The highest BCUT2D eigenvalue weighted by molar-refractivity contribution is 6.12. The number of nitrogens with zero attached hydrogens (tertiary/aromatic N) is 3. The number of hydrogen-bond donors (Lipinski definition) is 0. The predicted octanol–water partition coefficient (Wildman–Crippen LogP) is 12.8. The molecule has 2 heterocycles. The van der Waals surface area contributed by atoms with Crippen LogP contribution in [0.3, 0.4) is 0 Å². The molecule has 0 saturated carbocycles. The molecule has 8 aromatic carbocycles. The van der Waals surface area contributed by atoms with Gasteiger partial charge >= 0.3 is 0 Å². The first-order valence-corrected chi connectivity index (χ1v) is 17.6. The second-order valence-corrected chi connectivity index (χ2v) is 13.2. The highest BCUT2D eigenvalue weighted by atomic mass is 14.8. The Morgan fingerprint density at radius 2 is 0.808 bits per heavy atom. The molecule has 0 spiro atoms. The summed E-state index contributed by atoms with van der Waals surface area (Å²) in [4.78, 5) is 15.2. The van der Waals surface area contributed by atoms with Crippen molar-refractivity contribution in [1.82, 2.24) is 15.0 Å². The third-order valence-corrected chi connectivity index (χ3v) is 10.1. The van der Waals surface area contributed by atoms with Crippen LogP contribution in [0, 0.1) is 0 Å². The van der Waals surface area contributed by atoms with Crippen molar-refractivity contribution in [3.8, 4) is 55.9 Å². The van der Waals surface area contributed by atoms with E-state index in [0.29, 0.717) is 0 Å². The number of pyridine rings is 1. The van der Waals surface area contributed by atoms with Crippen LogP contribution in [0.2, 0.25) is 0 Å². The molecule has 52 heavy (non-hydrogen) atoms. The van der Waals surface area contributed by atoms with Crippen molar-refractivity contribution in [2.24, 2.45) is 0 Å². The van der Waals surface area contributed by atoms with Gasteiger partial charge < -0.3 is 0 Å². The Labute approximate surface area is 301 Å². The van der Waals surface area contributed by atoms with E-state index in [9.17, 15) is 0 Å². The Bertz CT molecular complexity index is 2930. The van der Waals surface area contributed by atoms with Crippen LogP contribution in [0.15, 0.2) is 188 Å². The van der Waals surface area contributed by atoms with E-state index in [1.807, 2.05) is 42.6 Å². The molecule has 0 saturated heterocycles. The molecule has 0 unspecified atom stereocenters. The van der Waals surface area contributed by atoms with Crippen molar-refractivity contribution in [2.75, 3.05) is 0 Å². The number of rotatable bonds is 5. The Kier molecular flexibility index (Phi) is 7.14. The standard InChI is InChI=1S/C49H31N3/c1-2-11-32(12-3-1)33-20-26-36(27-21-33)48-49(52-46-19-9-8-18-45(46)51-48)43-29-28-38(39-14-4-5-15-40(39)43)34-22-24-35(25-23-34)44-31-37-13-10-30-50-47(37)42-17-7-6-16-41(42)44/h1-31H. The molecule has 0 bridgehead atoms. The van der Waals surface area contributed by atoms with Gasteiger partial charge in [0.1, 0.15) is 0 Å². The Hall–Kier alpha value is -6.97. The first-order valence-electron chi connectivity index (χ1n) is 17.6. The van der Waals surface area contributed by atoms with Crippen molar-refractivity contribution in [3.05, 3.63) is 188 Å². The average Bonchev–Trinajstić information content (AvgIpc) is 3.23. The lowest BCUT2D eigenvalue weighted by Gasteiger charge is -2.16. The van der Waals surface area contributed by atoms with E-state index >= 15 is 0 Å². The maximum Gasteiger partial charge on any atom is 0.0979 e. The lowest BCUT2D eigenvalue weighted by molar-refractivity contribution is 1.30. The van der Waals surface area contributed by atoms with Gasteiger partial charge in [0.15, 0.2) is 0 Å². The summed E-state index contributed by atoms with van der Waals surface area (Å²) >= 11 is 0. The van der Waals surface area contributed by atoms with Crippen molar-refractivity contribution < 1.29 is 0 Å². The molecular formula is C49H31N3. The fraction of sp³-hybridized carbons (Fsp3) is 0. The van der Waals surface area contributed by atoms with Gasteiger partial charge in [-0.3, -0.25) is 4.98 Å². The number of hydrogen-bond acceptors (Lipinski definition) is 3. The Morgan fingerprint density at radius 3 is 1.52 bits per heavy atom. The monoisotopic (exact) mass is 661 g/mol. The summed E-state index contributed by atoms with van der Waals surface area (Å²) in [6.07, 6.45) is 1.87. The molecule has 0 atom stereocenters. The maximum absolute atomic E-state index is 5.28. The van der Waals surface area contributed by atoms with Crippen molar-refractivity contribution in [2.45, 2.75) is 0 Å². The first-order chi connectivity index (χ1) is 25.8. The fourth-order valence-electron chi connectivity index (χ4n) is 7.58. The molecular weight excluding hydrogens is 631 g/mol. The average molecular weight is 662 g/mol. The molecule has 0 fully saturated rings. The SMILES string of the molecule is c1ccc(-c2ccc(-c3nc4ccccc4nc3-c3ccc(-c4ccc(-c5cc6cccnc6c6ccccc56)cc4)c4ccccc34)cc2)cc1. The van der Waals surface area contributed by atoms with Gasteiger partial charge in [0.25, 0.3) is 0 Å². The topological polar surface area (TPSA) is 38.7 Å². The largest absolute Gasteiger partial charge is 0.256 e. The maximum atomic E-state index is 5.28. The number of aromatic nitrogens is 3. The van der Waals surface area contributed by atoms with Crippen LogP contribution in [-0.4, -0.2) is 15.0 Å². The van der Waals surface area contributed by atoms with E-state index in [2.05, 4.69) is 146 Å².